The van der Waals surface area contributed by atoms with Crippen molar-refractivity contribution in [1.29, 1.82) is 0 Å². The van der Waals surface area contributed by atoms with Crippen molar-refractivity contribution in [3.8, 4) is 5.75 Å². The van der Waals surface area contributed by atoms with Crippen LogP contribution in [0.2, 0.25) is 0 Å². The molecule has 0 spiro atoms. The van der Waals surface area contributed by atoms with Gasteiger partial charge in [-0.3, -0.25) is 4.79 Å². The van der Waals surface area contributed by atoms with Crippen molar-refractivity contribution < 1.29 is 13.2 Å². The molecule has 1 unspecified atom stereocenters. The first-order valence-electron chi connectivity index (χ1n) is 3.87. The lowest BCUT2D eigenvalue weighted by molar-refractivity contribution is 0.101. The van der Waals surface area contributed by atoms with Crippen LogP contribution in [0, 0.1) is 0 Å². The van der Waals surface area contributed by atoms with E-state index in [-0.39, 0.29) is 5.78 Å². The number of Topliss-reactive ketones (excluding diaryl/α,β-unsaturated/α-hetero) is 1. The normalized spacial score (nSPS) is 19.3. The first-order chi connectivity index (χ1) is 6.16. The van der Waals surface area contributed by atoms with Crippen LogP contribution in [0.5, 0.6) is 5.75 Å². The molecule has 1 aliphatic heterocycles. The number of benzene rings is 1. The summed E-state index contributed by atoms with van der Waals surface area (Å²) < 4.78 is 16.0. The standard InChI is InChI=1S/C9H8O3S/c1-6(10)7-2-3-8-5-13(11)12-9(8)4-7/h2-4H,5H2,1H3. The van der Waals surface area contributed by atoms with E-state index in [0.29, 0.717) is 17.1 Å². The second-order valence-electron chi connectivity index (χ2n) is 2.91. The second kappa shape index (κ2) is 2.96. The van der Waals surface area contributed by atoms with E-state index in [1.54, 1.807) is 18.2 Å². The lowest BCUT2D eigenvalue weighted by atomic mass is 10.1. The SMILES string of the molecule is CC(=O)c1ccc2c(c1)OS(=O)C2. The van der Waals surface area contributed by atoms with E-state index in [1.165, 1.54) is 6.92 Å². The maximum absolute atomic E-state index is 11.0. The zero-order valence-electron chi connectivity index (χ0n) is 7.07. The molecule has 0 bridgehead atoms. The van der Waals surface area contributed by atoms with Crippen molar-refractivity contribution in [2.75, 3.05) is 0 Å². The number of hydrogen-bond acceptors (Lipinski definition) is 3. The number of carbonyl (C=O) groups is 1. The van der Waals surface area contributed by atoms with Gasteiger partial charge in [-0.2, -0.15) is 0 Å². The van der Waals surface area contributed by atoms with Gasteiger partial charge in [0.1, 0.15) is 5.75 Å². The average Bonchev–Trinajstić information content (AvgIpc) is 2.42. The van der Waals surface area contributed by atoms with Crippen LogP contribution >= 0.6 is 0 Å². The summed E-state index contributed by atoms with van der Waals surface area (Å²) in [4.78, 5) is 11.0. The van der Waals surface area contributed by atoms with Crippen LogP contribution in [0.15, 0.2) is 18.2 Å². The summed E-state index contributed by atoms with van der Waals surface area (Å²) in [6, 6.07) is 5.16. The highest BCUT2D eigenvalue weighted by Gasteiger charge is 2.19. The molecule has 68 valence electrons. The molecule has 4 heteroatoms. The van der Waals surface area contributed by atoms with Crippen molar-refractivity contribution in [2.24, 2.45) is 0 Å². The number of ketones is 1. The Morgan fingerprint density at radius 2 is 2.31 bits per heavy atom. The van der Waals surface area contributed by atoms with Gasteiger partial charge in [0, 0.05) is 11.1 Å². The zero-order chi connectivity index (χ0) is 9.42. The minimum absolute atomic E-state index is 0.0101. The van der Waals surface area contributed by atoms with Gasteiger partial charge in [-0.25, -0.2) is 4.21 Å². The third-order valence-corrected chi connectivity index (χ3v) is 2.84. The van der Waals surface area contributed by atoms with Crippen LogP contribution in [0.1, 0.15) is 22.8 Å². The fraction of sp³-hybridized carbons (Fsp3) is 0.222. The first-order valence-corrected chi connectivity index (χ1v) is 5.12. The van der Waals surface area contributed by atoms with E-state index in [9.17, 15) is 9.00 Å². The Balaban J connectivity index is 2.45. The smallest absolute Gasteiger partial charge is 0.211 e. The Morgan fingerprint density at radius 3 is 3.00 bits per heavy atom. The molecule has 0 amide bonds. The van der Waals surface area contributed by atoms with Crippen LogP contribution in [0.25, 0.3) is 0 Å². The average molecular weight is 196 g/mol. The number of carbonyl (C=O) groups excluding carboxylic acids is 1. The van der Waals surface area contributed by atoms with E-state index in [4.69, 9.17) is 4.18 Å². The molecule has 0 saturated carbocycles. The summed E-state index contributed by atoms with van der Waals surface area (Å²) in [6.07, 6.45) is 0. The van der Waals surface area contributed by atoms with Gasteiger partial charge in [0.05, 0.1) is 5.75 Å². The molecule has 1 aromatic rings. The van der Waals surface area contributed by atoms with Crippen LogP contribution in [-0.4, -0.2) is 9.99 Å². The summed E-state index contributed by atoms with van der Waals surface area (Å²) in [5, 5.41) is 0. The molecule has 1 atom stereocenters. The number of hydrogen-bond donors (Lipinski definition) is 0. The van der Waals surface area contributed by atoms with E-state index in [0.717, 1.165) is 5.56 Å². The molecule has 1 aliphatic rings. The minimum atomic E-state index is -1.25. The van der Waals surface area contributed by atoms with Gasteiger partial charge >= 0.3 is 0 Å². The highest BCUT2D eigenvalue weighted by Crippen LogP contribution is 2.28. The lowest BCUT2D eigenvalue weighted by Gasteiger charge is -1.98. The van der Waals surface area contributed by atoms with Gasteiger partial charge in [0.2, 0.25) is 11.1 Å². The van der Waals surface area contributed by atoms with Gasteiger partial charge in [-0.15, -0.1) is 0 Å². The van der Waals surface area contributed by atoms with Crippen molar-refractivity contribution in [3.05, 3.63) is 29.3 Å². The van der Waals surface area contributed by atoms with Gasteiger partial charge in [0.25, 0.3) is 0 Å². The third kappa shape index (κ3) is 1.49. The molecule has 1 aromatic carbocycles. The van der Waals surface area contributed by atoms with Crippen molar-refractivity contribution in [3.63, 3.8) is 0 Å². The van der Waals surface area contributed by atoms with Gasteiger partial charge in [-0.05, 0) is 13.0 Å². The van der Waals surface area contributed by atoms with Crippen LogP contribution in [0.4, 0.5) is 0 Å². The summed E-state index contributed by atoms with van der Waals surface area (Å²) in [6.45, 7) is 1.49. The Morgan fingerprint density at radius 1 is 1.54 bits per heavy atom. The highest BCUT2D eigenvalue weighted by molar-refractivity contribution is 7.80. The maximum atomic E-state index is 11.0. The van der Waals surface area contributed by atoms with Crippen LogP contribution in [-0.2, 0) is 16.8 Å². The topological polar surface area (TPSA) is 43.4 Å². The Bertz CT molecular complexity index is 398. The quantitative estimate of drug-likeness (QED) is 0.638. The van der Waals surface area contributed by atoms with Crippen LogP contribution < -0.4 is 4.18 Å². The summed E-state index contributed by atoms with van der Waals surface area (Å²) in [7, 11) is 0. The van der Waals surface area contributed by atoms with Gasteiger partial charge in [-0.1, -0.05) is 12.1 Å². The van der Waals surface area contributed by atoms with E-state index >= 15 is 0 Å². The first kappa shape index (κ1) is 8.44. The monoisotopic (exact) mass is 196 g/mol. The molecule has 0 N–H and O–H groups in total. The maximum Gasteiger partial charge on any atom is 0.211 e. The largest absolute Gasteiger partial charge is 0.400 e. The predicted molar refractivity (Wildman–Crippen MR) is 48.9 cm³/mol. The molecule has 2 rings (SSSR count). The van der Waals surface area contributed by atoms with Crippen molar-refractivity contribution in [2.45, 2.75) is 12.7 Å². The van der Waals surface area contributed by atoms with Crippen molar-refractivity contribution >= 4 is 16.9 Å². The molecule has 0 saturated heterocycles. The Labute approximate surface area is 78.4 Å². The molecular formula is C9H8O3S. The second-order valence-corrected chi connectivity index (χ2v) is 3.97. The van der Waals surface area contributed by atoms with Crippen LogP contribution in [0.3, 0.4) is 0 Å². The van der Waals surface area contributed by atoms with E-state index in [2.05, 4.69) is 0 Å². The molecule has 0 fully saturated rings. The van der Waals surface area contributed by atoms with Crippen molar-refractivity contribution in [1.82, 2.24) is 0 Å². The van der Waals surface area contributed by atoms with Gasteiger partial charge in [0.15, 0.2) is 5.78 Å². The summed E-state index contributed by atoms with van der Waals surface area (Å²) >= 11 is -1.25. The highest BCUT2D eigenvalue weighted by atomic mass is 32.2. The Kier molecular flexibility index (Phi) is 1.92. The minimum Gasteiger partial charge on any atom is -0.400 e. The molecular weight excluding hydrogens is 188 g/mol. The molecule has 0 radical (unpaired) electrons. The molecule has 0 aromatic heterocycles. The Hall–Kier alpha value is -1.16. The lowest BCUT2D eigenvalue weighted by Crippen LogP contribution is -1.92. The third-order valence-electron chi connectivity index (χ3n) is 1.93. The molecule has 0 aliphatic carbocycles. The summed E-state index contributed by atoms with van der Waals surface area (Å²) in [5.74, 6) is 0.989. The molecule has 3 nitrogen and oxygen atoms in total. The fourth-order valence-electron chi connectivity index (χ4n) is 1.23. The predicted octanol–water partition coefficient (Wildman–Crippen LogP) is 1.45. The van der Waals surface area contributed by atoms with E-state index in [1.807, 2.05) is 0 Å². The zero-order valence-corrected chi connectivity index (χ0v) is 7.89. The summed E-state index contributed by atoms with van der Waals surface area (Å²) in [5.41, 5.74) is 1.50. The van der Waals surface area contributed by atoms with Gasteiger partial charge < -0.3 is 4.18 Å². The number of fused-ring (bicyclic) bond motifs is 1. The molecule has 13 heavy (non-hydrogen) atoms. The molecule has 1 heterocycles. The fourth-order valence-corrected chi connectivity index (χ4v) is 2.13. The number of rotatable bonds is 1. The van der Waals surface area contributed by atoms with E-state index < -0.39 is 11.1 Å².